The average Bonchev–Trinajstić information content (AvgIpc) is 2.01. The van der Waals surface area contributed by atoms with Crippen LogP contribution in [0.4, 0.5) is 5.69 Å². The van der Waals surface area contributed by atoms with Gasteiger partial charge in [0.1, 0.15) is 5.75 Å². The third-order valence-corrected chi connectivity index (χ3v) is 3.31. The van der Waals surface area contributed by atoms with Crippen molar-refractivity contribution in [1.82, 2.24) is 0 Å². The van der Waals surface area contributed by atoms with Crippen LogP contribution >= 0.6 is 11.8 Å². The summed E-state index contributed by atoms with van der Waals surface area (Å²) in [5.74, 6) is 0.339. The van der Waals surface area contributed by atoms with Crippen LogP contribution in [0.25, 0.3) is 0 Å². The molecule has 0 fully saturated rings. The number of phenolic OH excluding ortho intramolecular Hbond substituents is 1. The van der Waals surface area contributed by atoms with E-state index in [4.69, 9.17) is 0 Å². The largest absolute Gasteiger partial charge is 0.508 e. The predicted molar refractivity (Wildman–Crippen MR) is 56.5 cm³/mol. The van der Waals surface area contributed by atoms with Gasteiger partial charge in [-0.25, -0.2) is 0 Å². The lowest BCUT2D eigenvalue weighted by Gasteiger charge is -2.31. The topological polar surface area (TPSA) is 32.3 Å². The summed E-state index contributed by atoms with van der Waals surface area (Å²) >= 11 is 1.81. The molecule has 0 amide bonds. The summed E-state index contributed by atoms with van der Waals surface area (Å²) < 4.78 is 0.209. The standard InChI is InChI=1S/C10H13NOS/c1-10(2)6-11-8-4-3-7(12)5-9(8)13-10/h3-5,11-12H,6H2,1-2H3. The quantitative estimate of drug-likeness (QED) is 0.624. The maximum Gasteiger partial charge on any atom is 0.116 e. The first-order valence-electron chi connectivity index (χ1n) is 4.33. The molecule has 0 spiro atoms. The van der Waals surface area contributed by atoms with E-state index >= 15 is 0 Å². The highest BCUT2D eigenvalue weighted by Gasteiger charge is 2.25. The van der Waals surface area contributed by atoms with Crippen molar-refractivity contribution in [3.8, 4) is 5.75 Å². The molecular formula is C10H13NOS. The Labute approximate surface area is 82.4 Å². The van der Waals surface area contributed by atoms with Gasteiger partial charge in [0.2, 0.25) is 0 Å². The minimum atomic E-state index is 0.209. The first-order chi connectivity index (χ1) is 6.07. The van der Waals surface area contributed by atoms with E-state index < -0.39 is 0 Å². The zero-order valence-electron chi connectivity index (χ0n) is 7.79. The molecule has 0 bridgehead atoms. The molecule has 0 radical (unpaired) electrons. The molecule has 0 atom stereocenters. The highest BCUT2D eigenvalue weighted by Crippen LogP contribution is 2.42. The molecule has 1 aromatic carbocycles. The lowest BCUT2D eigenvalue weighted by molar-refractivity contribution is 0.474. The summed E-state index contributed by atoms with van der Waals surface area (Å²) in [6, 6.07) is 5.45. The Kier molecular flexibility index (Phi) is 1.91. The van der Waals surface area contributed by atoms with E-state index in [1.165, 1.54) is 0 Å². The Hall–Kier alpha value is -0.830. The average molecular weight is 195 g/mol. The normalized spacial score (nSPS) is 18.9. The molecular weight excluding hydrogens is 182 g/mol. The second-order valence-electron chi connectivity index (χ2n) is 3.90. The van der Waals surface area contributed by atoms with E-state index in [0.29, 0.717) is 5.75 Å². The summed E-state index contributed by atoms with van der Waals surface area (Å²) in [5.41, 5.74) is 1.13. The van der Waals surface area contributed by atoms with Crippen LogP contribution < -0.4 is 5.32 Å². The van der Waals surface area contributed by atoms with Crippen molar-refractivity contribution >= 4 is 17.4 Å². The van der Waals surface area contributed by atoms with Gasteiger partial charge in [0.25, 0.3) is 0 Å². The van der Waals surface area contributed by atoms with Crippen LogP contribution in [-0.2, 0) is 0 Å². The minimum absolute atomic E-state index is 0.209. The number of benzene rings is 1. The van der Waals surface area contributed by atoms with Crippen LogP contribution in [0.15, 0.2) is 23.1 Å². The first-order valence-corrected chi connectivity index (χ1v) is 5.14. The third kappa shape index (κ3) is 1.75. The monoisotopic (exact) mass is 195 g/mol. The summed E-state index contributed by atoms with van der Waals surface area (Å²) in [5, 5.41) is 12.7. The van der Waals surface area contributed by atoms with Crippen molar-refractivity contribution in [3.63, 3.8) is 0 Å². The molecule has 0 saturated heterocycles. The maximum atomic E-state index is 9.32. The number of thioether (sulfide) groups is 1. The second-order valence-corrected chi connectivity index (χ2v) is 5.64. The molecule has 1 aromatic rings. The van der Waals surface area contributed by atoms with Crippen molar-refractivity contribution in [2.75, 3.05) is 11.9 Å². The molecule has 2 N–H and O–H groups in total. The van der Waals surface area contributed by atoms with Gasteiger partial charge in [0.15, 0.2) is 0 Å². The number of nitrogens with one attached hydrogen (secondary N) is 1. The fraction of sp³-hybridized carbons (Fsp3) is 0.400. The summed E-state index contributed by atoms with van der Waals surface area (Å²) in [6.45, 7) is 5.35. The van der Waals surface area contributed by atoms with Crippen molar-refractivity contribution in [1.29, 1.82) is 0 Å². The van der Waals surface area contributed by atoms with E-state index in [1.54, 1.807) is 17.8 Å². The molecule has 2 nitrogen and oxygen atoms in total. The molecule has 0 saturated carbocycles. The van der Waals surface area contributed by atoms with Gasteiger partial charge < -0.3 is 10.4 Å². The Bertz CT molecular complexity index is 336. The first kappa shape index (κ1) is 8.75. The molecule has 2 rings (SSSR count). The van der Waals surface area contributed by atoms with Gasteiger partial charge in [-0.3, -0.25) is 0 Å². The number of fused-ring (bicyclic) bond motifs is 1. The Morgan fingerprint density at radius 2 is 2.23 bits per heavy atom. The van der Waals surface area contributed by atoms with E-state index in [0.717, 1.165) is 17.1 Å². The highest BCUT2D eigenvalue weighted by atomic mass is 32.2. The second kappa shape index (κ2) is 2.84. The van der Waals surface area contributed by atoms with Gasteiger partial charge >= 0.3 is 0 Å². The van der Waals surface area contributed by atoms with E-state index in [-0.39, 0.29) is 4.75 Å². The van der Waals surface area contributed by atoms with Crippen LogP contribution in [0.1, 0.15) is 13.8 Å². The van der Waals surface area contributed by atoms with Crippen LogP contribution in [0.3, 0.4) is 0 Å². The predicted octanol–water partition coefficient (Wildman–Crippen LogP) is 2.69. The molecule has 0 aliphatic carbocycles. The minimum Gasteiger partial charge on any atom is -0.508 e. The van der Waals surface area contributed by atoms with Crippen molar-refractivity contribution < 1.29 is 5.11 Å². The van der Waals surface area contributed by atoms with Crippen LogP contribution in [0, 0.1) is 0 Å². The SMILES string of the molecule is CC1(C)CNc2ccc(O)cc2S1. The van der Waals surface area contributed by atoms with E-state index in [1.807, 2.05) is 12.1 Å². The molecule has 1 aliphatic heterocycles. The Balaban J connectivity index is 2.38. The number of anilines is 1. The number of rotatable bonds is 0. The lowest BCUT2D eigenvalue weighted by atomic mass is 10.2. The fourth-order valence-corrected chi connectivity index (χ4v) is 2.55. The molecule has 0 unspecified atom stereocenters. The lowest BCUT2D eigenvalue weighted by Crippen LogP contribution is -2.29. The molecule has 13 heavy (non-hydrogen) atoms. The van der Waals surface area contributed by atoms with Gasteiger partial charge in [0, 0.05) is 21.9 Å². The molecule has 3 heteroatoms. The Morgan fingerprint density at radius 3 is 3.00 bits per heavy atom. The van der Waals surface area contributed by atoms with Crippen molar-refractivity contribution in [3.05, 3.63) is 18.2 Å². The molecule has 70 valence electrons. The molecule has 1 aliphatic rings. The van der Waals surface area contributed by atoms with Crippen molar-refractivity contribution in [2.24, 2.45) is 0 Å². The smallest absolute Gasteiger partial charge is 0.116 e. The van der Waals surface area contributed by atoms with Gasteiger partial charge in [-0.15, -0.1) is 11.8 Å². The molecule has 1 heterocycles. The highest BCUT2D eigenvalue weighted by molar-refractivity contribution is 8.00. The van der Waals surface area contributed by atoms with Gasteiger partial charge in [0.05, 0.1) is 0 Å². The van der Waals surface area contributed by atoms with Crippen LogP contribution in [0.2, 0.25) is 0 Å². The summed E-state index contributed by atoms with van der Waals surface area (Å²) in [4.78, 5) is 1.14. The number of aromatic hydroxyl groups is 1. The summed E-state index contributed by atoms with van der Waals surface area (Å²) in [7, 11) is 0. The number of phenols is 1. The van der Waals surface area contributed by atoms with Gasteiger partial charge in [-0.2, -0.15) is 0 Å². The van der Waals surface area contributed by atoms with Crippen LogP contribution in [-0.4, -0.2) is 16.4 Å². The third-order valence-electron chi connectivity index (χ3n) is 2.06. The zero-order chi connectivity index (χ0) is 9.47. The van der Waals surface area contributed by atoms with Crippen LogP contribution in [0.5, 0.6) is 5.75 Å². The van der Waals surface area contributed by atoms with E-state index in [9.17, 15) is 5.11 Å². The molecule has 0 aromatic heterocycles. The number of hydrogen-bond donors (Lipinski definition) is 2. The van der Waals surface area contributed by atoms with Gasteiger partial charge in [-0.1, -0.05) is 0 Å². The number of hydrogen-bond acceptors (Lipinski definition) is 3. The zero-order valence-corrected chi connectivity index (χ0v) is 8.61. The Morgan fingerprint density at radius 1 is 1.46 bits per heavy atom. The maximum absolute atomic E-state index is 9.32. The van der Waals surface area contributed by atoms with E-state index in [2.05, 4.69) is 19.2 Å². The van der Waals surface area contributed by atoms with Gasteiger partial charge in [-0.05, 0) is 32.0 Å². The summed E-state index contributed by atoms with van der Waals surface area (Å²) in [6.07, 6.45) is 0. The van der Waals surface area contributed by atoms with Crippen molar-refractivity contribution in [2.45, 2.75) is 23.5 Å². The fourth-order valence-electron chi connectivity index (χ4n) is 1.38.